The van der Waals surface area contributed by atoms with Gasteiger partial charge < -0.3 is 20.5 Å². The van der Waals surface area contributed by atoms with E-state index in [0.717, 1.165) is 16.9 Å². The normalized spacial score (nSPS) is 19.1. The number of amides is 1. The van der Waals surface area contributed by atoms with E-state index in [1.54, 1.807) is 32.5 Å². The lowest BCUT2D eigenvalue weighted by molar-refractivity contribution is -0.121. The number of nitrogens with two attached hydrogens (primary N) is 1. The SMILES string of the molecule is COc1ccnc(NC(=O)C2(N)CCc3c(OC)cccc32)c1. The molecule has 0 saturated carbocycles. The van der Waals surface area contributed by atoms with Gasteiger partial charge in [0.25, 0.3) is 0 Å². The Morgan fingerprint density at radius 2 is 2.13 bits per heavy atom. The molecule has 6 nitrogen and oxygen atoms in total. The number of benzene rings is 1. The summed E-state index contributed by atoms with van der Waals surface area (Å²) < 4.78 is 10.5. The fraction of sp³-hybridized carbons (Fsp3) is 0.294. The summed E-state index contributed by atoms with van der Waals surface area (Å²) in [5.41, 5.74) is 7.14. The molecule has 0 fully saturated rings. The third kappa shape index (κ3) is 2.61. The van der Waals surface area contributed by atoms with E-state index in [1.165, 1.54) is 0 Å². The molecular weight excluding hydrogens is 294 g/mol. The van der Waals surface area contributed by atoms with Gasteiger partial charge in [0.15, 0.2) is 0 Å². The van der Waals surface area contributed by atoms with E-state index in [4.69, 9.17) is 15.2 Å². The zero-order chi connectivity index (χ0) is 16.4. The van der Waals surface area contributed by atoms with E-state index in [-0.39, 0.29) is 5.91 Å². The summed E-state index contributed by atoms with van der Waals surface area (Å²) in [7, 11) is 3.18. The first kappa shape index (κ1) is 15.3. The molecule has 0 spiro atoms. The van der Waals surface area contributed by atoms with Gasteiger partial charge in [0.05, 0.1) is 14.2 Å². The molecule has 1 amide bonds. The van der Waals surface area contributed by atoms with E-state index in [1.807, 2.05) is 18.2 Å². The fourth-order valence-corrected chi connectivity index (χ4v) is 2.96. The minimum absolute atomic E-state index is 0.287. The van der Waals surface area contributed by atoms with Crippen LogP contribution in [0.2, 0.25) is 0 Å². The van der Waals surface area contributed by atoms with Crippen LogP contribution in [0.25, 0.3) is 0 Å². The third-order valence-corrected chi connectivity index (χ3v) is 4.22. The van der Waals surface area contributed by atoms with Crippen LogP contribution >= 0.6 is 0 Å². The molecule has 3 rings (SSSR count). The molecule has 1 aromatic heterocycles. The maximum absolute atomic E-state index is 12.7. The van der Waals surface area contributed by atoms with Crippen molar-refractivity contribution < 1.29 is 14.3 Å². The first-order valence-electron chi connectivity index (χ1n) is 7.35. The predicted octanol–water partition coefficient (Wildman–Crippen LogP) is 1.84. The number of nitrogens with one attached hydrogen (secondary N) is 1. The minimum Gasteiger partial charge on any atom is -0.497 e. The Bertz CT molecular complexity index is 748. The van der Waals surface area contributed by atoms with Crippen molar-refractivity contribution in [2.45, 2.75) is 18.4 Å². The smallest absolute Gasteiger partial charge is 0.250 e. The fourth-order valence-electron chi connectivity index (χ4n) is 2.96. The average Bonchev–Trinajstić information content (AvgIpc) is 2.94. The molecule has 23 heavy (non-hydrogen) atoms. The molecular formula is C17H19N3O3. The number of hydrogen-bond donors (Lipinski definition) is 2. The molecule has 2 aromatic rings. The Balaban J connectivity index is 1.89. The van der Waals surface area contributed by atoms with E-state index >= 15 is 0 Å². The van der Waals surface area contributed by atoms with Crippen LogP contribution in [0.1, 0.15) is 17.5 Å². The first-order chi connectivity index (χ1) is 11.1. The number of carbonyl (C=O) groups is 1. The highest BCUT2D eigenvalue weighted by Crippen LogP contribution is 2.40. The zero-order valence-electron chi connectivity index (χ0n) is 13.1. The van der Waals surface area contributed by atoms with Crippen LogP contribution in [0.15, 0.2) is 36.5 Å². The maximum atomic E-state index is 12.7. The minimum atomic E-state index is -1.09. The van der Waals surface area contributed by atoms with Gasteiger partial charge in [-0.15, -0.1) is 0 Å². The van der Waals surface area contributed by atoms with E-state index in [0.29, 0.717) is 24.4 Å². The molecule has 1 aromatic carbocycles. The number of pyridine rings is 1. The van der Waals surface area contributed by atoms with Crippen molar-refractivity contribution in [3.8, 4) is 11.5 Å². The molecule has 0 bridgehead atoms. The van der Waals surface area contributed by atoms with Crippen LogP contribution < -0.4 is 20.5 Å². The number of hydrogen-bond acceptors (Lipinski definition) is 5. The van der Waals surface area contributed by atoms with Crippen LogP contribution in [0, 0.1) is 0 Å². The molecule has 1 heterocycles. The van der Waals surface area contributed by atoms with Gasteiger partial charge in [-0.3, -0.25) is 4.79 Å². The Hall–Kier alpha value is -2.60. The molecule has 0 radical (unpaired) electrons. The van der Waals surface area contributed by atoms with Gasteiger partial charge in [0, 0.05) is 12.3 Å². The molecule has 120 valence electrons. The van der Waals surface area contributed by atoms with Crippen molar-refractivity contribution in [3.63, 3.8) is 0 Å². The third-order valence-electron chi connectivity index (χ3n) is 4.22. The molecule has 1 atom stereocenters. The van der Waals surface area contributed by atoms with Gasteiger partial charge in [-0.05, 0) is 36.1 Å². The van der Waals surface area contributed by atoms with Crippen molar-refractivity contribution in [1.82, 2.24) is 4.98 Å². The molecule has 3 N–H and O–H groups in total. The molecule has 1 aliphatic rings. The molecule has 0 saturated heterocycles. The number of nitrogens with zero attached hydrogens (tertiary/aromatic N) is 1. The summed E-state index contributed by atoms with van der Waals surface area (Å²) in [5, 5.41) is 2.78. The van der Waals surface area contributed by atoms with Crippen LogP contribution in [-0.2, 0) is 16.8 Å². The van der Waals surface area contributed by atoms with Crippen molar-refractivity contribution >= 4 is 11.7 Å². The van der Waals surface area contributed by atoms with E-state index in [2.05, 4.69) is 10.3 Å². The topological polar surface area (TPSA) is 86.5 Å². The van der Waals surface area contributed by atoms with Crippen LogP contribution in [-0.4, -0.2) is 25.1 Å². The zero-order valence-corrected chi connectivity index (χ0v) is 13.1. The number of anilines is 1. The molecule has 1 aliphatic carbocycles. The van der Waals surface area contributed by atoms with E-state index < -0.39 is 5.54 Å². The van der Waals surface area contributed by atoms with Crippen LogP contribution in [0.4, 0.5) is 5.82 Å². The van der Waals surface area contributed by atoms with Crippen molar-refractivity contribution in [1.29, 1.82) is 0 Å². The summed E-state index contributed by atoms with van der Waals surface area (Å²) in [4.78, 5) is 16.9. The summed E-state index contributed by atoms with van der Waals surface area (Å²) >= 11 is 0. The lowest BCUT2D eigenvalue weighted by Gasteiger charge is -2.24. The summed E-state index contributed by atoms with van der Waals surface area (Å²) in [6, 6.07) is 8.98. The summed E-state index contributed by atoms with van der Waals surface area (Å²) in [6.45, 7) is 0. The lowest BCUT2D eigenvalue weighted by atomic mass is 9.92. The van der Waals surface area contributed by atoms with Crippen LogP contribution in [0.3, 0.4) is 0 Å². The number of ether oxygens (including phenoxy) is 2. The monoisotopic (exact) mass is 313 g/mol. The highest BCUT2D eigenvalue weighted by atomic mass is 16.5. The maximum Gasteiger partial charge on any atom is 0.250 e. The van der Waals surface area contributed by atoms with E-state index in [9.17, 15) is 4.79 Å². The Labute approximate surface area is 134 Å². The van der Waals surface area contributed by atoms with Crippen molar-refractivity contribution in [3.05, 3.63) is 47.7 Å². The highest BCUT2D eigenvalue weighted by Gasteiger charge is 2.43. The number of aromatic nitrogens is 1. The number of carbonyl (C=O) groups excluding carboxylic acids is 1. The predicted molar refractivity (Wildman–Crippen MR) is 86.6 cm³/mol. The molecule has 6 heteroatoms. The summed E-state index contributed by atoms with van der Waals surface area (Å²) in [5.74, 6) is 1.51. The van der Waals surface area contributed by atoms with Gasteiger partial charge >= 0.3 is 0 Å². The van der Waals surface area contributed by atoms with Gasteiger partial charge in [0.2, 0.25) is 5.91 Å². The van der Waals surface area contributed by atoms with Gasteiger partial charge in [-0.2, -0.15) is 0 Å². The van der Waals surface area contributed by atoms with Crippen LogP contribution in [0.5, 0.6) is 11.5 Å². The largest absolute Gasteiger partial charge is 0.497 e. The second kappa shape index (κ2) is 5.89. The highest BCUT2D eigenvalue weighted by molar-refractivity contribution is 5.99. The standard InChI is InChI=1S/C17H19N3O3/c1-22-11-7-9-19-15(10-11)20-16(21)17(18)8-6-12-13(17)4-3-5-14(12)23-2/h3-5,7,9-10H,6,8,18H2,1-2H3,(H,19,20,21). The molecule has 1 unspecified atom stereocenters. The average molecular weight is 313 g/mol. The lowest BCUT2D eigenvalue weighted by Crippen LogP contribution is -2.46. The van der Waals surface area contributed by atoms with Gasteiger partial charge in [-0.25, -0.2) is 4.98 Å². The second-order valence-electron chi connectivity index (χ2n) is 5.49. The summed E-state index contributed by atoms with van der Waals surface area (Å²) in [6.07, 6.45) is 2.80. The Morgan fingerprint density at radius 3 is 2.87 bits per heavy atom. The van der Waals surface area contributed by atoms with Crippen molar-refractivity contribution in [2.75, 3.05) is 19.5 Å². The van der Waals surface area contributed by atoms with Gasteiger partial charge in [-0.1, -0.05) is 12.1 Å². The second-order valence-corrected chi connectivity index (χ2v) is 5.49. The first-order valence-corrected chi connectivity index (χ1v) is 7.35. The number of fused-ring (bicyclic) bond motifs is 1. The van der Waals surface area contributed by atoms with Gasteiger partial charge in [0.1, 0.15) is 22.9 Å². The Kier molecular flexibility index (Phi) is 3.92. The number of methoxy groups -OCH3 is 2. The Morgan fingerprint density at radius 1 is 1.30 bits per heavy atom. The quantitative estimate of drug-likeness (QED) is 0.899. The van der Waals surface area contributed by atoms with Crippen molar-refractivity contribution in [2.24, 2.45) is 5.73 Å². The number of rotatable bonds is 4. The molecule has 0 aliphatic heterocycles.